The number of aromatic nitrogens is 3. The highest BCUT2D eigenvalue weighted by atomic mass is 32.1. The summed E-state index contributed by atoms with van der Waals surface area (Å²) in [4.78, 5) is 29.5. The number of hydrogen-bond acceptors (Lipinski definition) is 7. The minimum absolute atomic E-state index is 0.0847. The molecular weight excluding hydrogens is 324 g/mol. The van der Waals surface area contributed by atoms with Crippen molar-refractivity contribution in [1.82, 2.24) is 20.3 Å². The van der Waals surface area contributed by atoms with E-state index in [1.165, 1.54) is 17.7 Å². The molecule has 0 saturated carbocycles. The van der Waals surface area contributed by atoms with E-state index in [2.05, 4.69) is 25.3 Å². The van der Waals surface area contributed by atoms with Crippen LogP contribution in [0.25, 0.3) is 11.1 Å². The Kier molecular flexibility index (Phi) is 3.31. The molecule has 1 aliphatic rings. The summed E-state index contributed by atoms with van der Waals surface area (Å²) in [5, 5.41) is 4.39. The second-order valence-electron chi connectivity index (χ2n) is 5.24. The minimum atomic E-state index is -1.27. The van der Waals surface area contributed by atoms with Crippen molar-refractivity contribution in [2.75, 3.05) is 0 Å². The molecule has 3 heterocycles. The van der Waals surface area contributed by atoms with Gasteiger partial charge in [0.05, 0.1) is 11.2 Å². The van der Waals surface area contributed by atoms with Gasteiger partial charge >= 0.3 is 0 Å². The van der Waals surface area contributed by atoms with Crippen LogP contribution in [-0.2, 0) is 10.3 Å². The molecule has 2 aromatic heterocycles. The lowest BCUT2D eigenvalue weighted by Crippen LogP contribution is -2.40. The van der Waals surface area contributed by atoms with Crippen molar-refractivity contribution in [1.29, 1.82) is 0 Å². The van der Waals surface area contributed by atoms with Crippen LogP contribution >= 0.6 is 11.3 Å². The Balaban J connectivity index is 1.91. The van der Waals surface area contributed by atoms with E-state index >= 15 is 0 Å². The second kappa shape index (κ2) is 5.50. The number of carbonyl (C=O) groups excluding carboxylic acids is 1. The molecule has 0 radical (unpaired) electrons. The van der Waals surface area contributed by atoms with Crippen LogP contribution in [0.5, 0.6) is 0 Å². The van der Waals surface area contributed by atoms with E-state index in [0.717, 1.165) is 11.1 Å². The zero-order valence-corrected chi connectivity index (χ0v) is 13.2. The predicted octanol–water partition coefficient (Wildman–Crippen LogP) is 1.29. The van der Waals surface area contributed by atoms with Crippen LogP contribution in [-0.4, -0.2) is 26.8 Å². The molecule has 4 rings (SSSR count). The highest BCUT2D eigenvalue weighted by molar-refractivity contribution is 7.07. The van der Waals surface area contributed by atoms with E-state index in [4.69, 9.17) is 5.73 Å². The Bertz CT molecular complexity index is 925. The summed E-state index contributed by atoms with van der Waals surface area (Å²) in [6.07, 6.45) is 4.90. The fourth-order valence-corrected chi connectivity index (χ4v) is 3.34. The lowest BCUT2D eigenvalue weighted by Gasteiger charge is -2.22. The van der Waals surface area contributed by atoms with Crippen molar-refractivity contribution in [3.63, 3.8) is 0 Å². The number of guanidine groups is 1. The van der Waals surface area contributed by atoms with Gasteiger partial charge in [0, 0.05) is 23.3 Å². The summed E-state index contributed by atoms with van der Waals surface area (Å²) < 4.78 is 0. The van der Waals surface area contributed by atoms with Crippen LogP contribution in [0, 0.1) is 0 Å². The van der Waals surface area contributed by atoms with E-state index in [-0.39, 0.29) is 11.9 Å². The number of nitrogens with one attached hydrogen (secondary N) is 1. The van der Waals surface area contributed by atoms with Crippen LogP contribution in [0.3, 0.4) is 0 Å². The SMILES string of the molecule is NC1=NC(c2cccc(-c3cncnc3)c2)(c2cscn2)C(=O)N1. The third-order valence-electron chi connectivity index (χ3n) is 3.84. The Morgan fingerprint density at radius 3 is 2.67 bits per heavy atom. The average Bonchev–Trinajstić information content (AvgIpc) is 3.24. The molecule has 0 spiro atoms. The molecular formula is C16H12N6OS. The number of thiazole rings is 1. The van der Waals surface area contributed by atoms with Gasteiger partial charge in [-0.3, -0.25) is 10.1 Å². The fourth-order valence-electron chi connectivity index (χ4n) is 2.75. The first-order chi connectivity index (χ1) is 11.7. The first-order valence-electron chi connectivity index (χ1n) is 7.11. The average molecular weight is 336 g/mol. The number of hydrogen-bond donors (Lipinski definition) is 2. The molecule has 1 aromatic carbocycles. The highest BCUT2D eigenvalue weighted by Crippen LogP contribution is 2.37. The van der Waals surface area contributed by atoms with E-state index in [0.29, 0.717) is 11.3 Å². The van der Waals surface area contributed by atoms with Crippen molar-refractivity contribution in [3.8, 4) is 11.1 Å². The van der Waals surface area contributed by atoms with Gasteiger partial charge in [0.25, 0.3) is 5.91 Å². The molecule has 1 aliphatic heterocycles. The largest absolute Gasteiger partial charge is 0.370 e. The quantitative estimate of drug-likeness (QED) is 0.749. The monoisotopic (exact) mass is 336 g/mol. The summed E-state index contributed by atoms with van der Waals surface area (Å²) in [6.45, 7) is 0. The Labute approximate surface area is 141 Å². The molecule has 0 aliphatic carbocycles. The molecule has 0 bridgehead atoms. The van der Waals surface area contributed by atoms with E-state index < -0.39 is 5.54 Å². The molecule has 24 heavy (non-hydrogen) atoms. The smallest absolute Gasteiger partial charge is 0.265 e. The van der Waals surface area contributed by atoms with Crippen molar-refractivity contribution >= 4 is 23.2 Å². The van der Waals surface area contributed by atoms with Crippen LogP contribution in [0.15, 0.2) is 58.9 Å². The van der Waals surface area contributed by atoms with Crippen molar-refractivity contribution in [2.45, 2.75) is 5.54 Å². The molecule has 0 saturated heterocycles. The van der Waals surface area contributed by atoms with E-state index in [1.807, 2.05) is 24.3 Å². The number of carbonyl (C=O) groups is 1. The van der Waals surface area contributed by atoms with E-state index in [1.54, 1.807) is 23.3 Å². The van der Waals surface area contributed by atoms with E-state index in [9.17, 15) is 4.79 Å². The number of benzene rings is 1. The van der Waals surface area contributed by atoms with Gasteiger partial charge in [-0.25, -0.2) is 19.9 Å². The molecule has 0 fully saturated rings. The molecule has 3 aromatic rings. The third-order valence-corrected chi connectivity index (χ3v) is 4.42. The zero-order valence-electron chi connectivity index (χ0n) is 12.4. The topological polar surface area (TPSA) is 106 Å². The maximum atomic E-state index is 12.7. The first kappa shape index (κ1) is 14.5. The van der Waals surface area contributed by atoms with Crippen molar-refractivity contribution < 1.29 is 4.79 Å². The first-order valence-corrected chi connectivity index (χ1v) is 8.06. The van der Waals surface area contributed by atoms with Gasteiger partial charge in [-0.15, -0.1) is 11.3 Å². The molecule has 1 amide bonds. The summed E-state index contributed by atoms with van der Waals surface area (Å²) >= 11 is 1.40. The molecule has 7 nitrogen and oxygen atoms in total. The van der Waals surface area contributed by atoms with Gasteiger partial charge in [-0.2, -0.15) is 0 Å². The number of aliphatic imine (C=N–C) groups is 1. The minimum Gasteiger partial charge on any atom is -0.370 e. The van der Waals surface area contributed by atoms with Gasteiger partial charge in [0.2, 0.25) is 5.54 Å². The van der Waals surface area contributed by atoms with Crippen LogP contribution in [0.2, 0.25) is 0 Å². The lowest BCUT2D eigenvalue weighted by molar-refractivity contribution is -0.122. The predicted molar refractivity (Wildman–Crippen MR) is 90.1 cm³/mol. The number of nitrogens with zero attached hydrogens (tertiary/aromatic N) is 4. The van der Waals surface area contributed by atoms with Crippen molar-refractivity contribution in [2.24, 2.45) is 10.7 Å². The Morgan fingerprint density at radius 2 is 2.00 bits per heavy atom. The van der Waals surface area contributed by atoms with Gasteiger partial charge < -0.3 is 5.73 Å². The van der Waals surface area contributed by atoms with Crippen LogP contribution < -0.4 is 11.1 Å². The Hall–Kier alpha value is -3.13. The number of rotatable bonds is 3. The summed E-state index contributed by atoms with van der Waals surface area (Å²) in [5.41, 5.74) is 9.14. The van der Waals surface area contributed by atoms with Gasteiger partial charge in [-0.05, 0) is 17.2 Å². The summed E-state index contributed by atoms with van der Waals surface area (Å²) in [6, 6.07) is 7.52. The van der Waals surface area contributed by atoms with Crippen molar-refractivity contribution in [3.05, 3.63) is 65.1 Å². The molecule has 1 atom stereocenters. The van der Waals surface area contributed by atoms with Gasteiger partial charge in [0.1, 0.15) is 6.33 Å². The van der Waals surface area contributed by atoms with Gasteiger partial charge in [-0.1, -0.05) is 18.2 Å². The highest BCUT2D eigenvalue weighted by Gasteiger charge is 2.48. The molecule has 118 valence electrons. The number of nitrogens with two attached hydrogens (primary N) is 1. The molecule has 1 unspecified atom stereocenters. The Morgan fingerprint density at radius 1 is 1.17 bits per heavy atom. The van der Waals surface area contributed by atoms with Crippen LogP contribution in [0.4, 0.5) is 0 Å². The number of amides is 1. The summed E-state index contributed by atoms with van der Waals surface area (Å²) in [7, 11) is 0. The van der Waals surface area contributed by atoms with Crippen LogP contribution in [0.1, 0.15) is 11.3 Å². The lowest BCUT2D eigenvalue weighted by atomic mass is 9.86. The maximum Gasteiger partial charge on any atom is 0.265 e. The molecule has 8 heteroatoms. The standard InChI is InChI=1S/C16H12N6OS/c17-15-21-14(23)16(22-15,13-7-24-9-20-13)12-3-1-2-10(4-12)11-5-18-8-19-6-11/h1-9H,(H3,17,21,22,23). The molecule has 3 N–H and O–H groups in total. The zero-order chi connectivity index (χ0) is 16.6. The maximum absolute atomic E-state index is 12.7. The second-order valence-corrected chi connectivity index (χ2v) is 5.96. The normalized spacial score (nSPS) is 19.8. The third kappa shape index (κ3) is 2.16. The summed E-state index contributed by atoms with van der Waals surface area (Å²) in [5.74, 6) is -0.228. The fraction of sp³-hybridized carbons (Fsp3) is 0.0625. The van der Waals surface area contributed by atoms with Gasteiger partial charge in [0.15, 0.2) is 5.96 Å².